The van der Waals surface area contributed by atoms with E-state index in [0.717, 1.165) is 0 Å². The molecule has 0 amide bonds. The first-order chi connectivity index (χ1) is 8.94. The van der Waals surface area contributed by atoms with Gasteiger partial charge in [-0.3, -0.25) is 4.72 Å². The summed E-state index contributed by atoms with van der Waals surface area (Å²) in [4.78, 5) is 18.5. The lowest BCUT2D eigenvalue weighted by atomic mass is 10.2. The van der Waals surface area contributed by atoms with Gasteiger partial charge >= 0.3 is 5.97 Å². The maximum absolute atomic E-state index is 11.7. The highest BCUT2D eigenvalue weighted by Gasteiger charge is 2.36. The largest absolute Gasteiger partial charge is 0.479 e. The van der Waals surface area contributed by atoms with Gasteiger partial charge < -0.3 is 9.84 Å². The number of nitrogens with zero attached hydrogens (tertiary/aromatic N) is 2. The Morgan fingerprint density at radius 2 is 2.26 bits per heavy atom. The van der Waals surface area contributed by atoms with Crippen molar-refractivity contribution in [1.82, 2.24) is 9.97 Å². The number of aliphatic carboxylic acids is 1. The van der Waals surface area contributed by atoms with Crippen LogP contribution in [0.3, 0.4) is 0 Å². The molecule has 1 fully saturated rings. The van der Waals surface area contributed by atoms with E-state index in [1.165, 1.54) is 19.4 Å². The van der Waals surface area contributed by atoms with E-state index in [1.807, 2.05) is 0 Å². The second-order valence-corrected chi connectivity index (χ2v) is 6.07. The Labute approximate surface area is 109 Å². The molecule has 2 N–H and O–H groups in total. The zero-order valence-electron chi connectivity index (χ0n) is 10.1. The number of anilines is 1. The number of aromatic nitrogens is 2. The van der Waals surface area contributed by atoms with Gasteiger partial charge in [-0.15, -0.1) is 0 Å². The zero-order valence-corrected chi connectivity index (χ0v) is 10.9. The Hall–Kier alpha value is -1.74. The molecular weight excluding hydrogens is 274 g/mol. The summed E-state index contributed by atoms with van der Waals surface area (Å²) in [7, 11) is -2.24. The van der Waals surface area contributed by atoms with Crippen molar-refractivity contribution >= 4 is 21.9 Å². The molecule has 1 aromatic heterocycles. The van der Waals surface area contributed by atoms with Gasteiger partial charge in [0, 0.05) is 13.3 Å². The quantitative estimate of drug-likeness (QED) is 0.764. The predicted molar refractivity (Wildman–Crippen MR) is 65.0 cm³/mol. The molecular formula is C10H13N3O5S. The van der Waals surface area contributed by atoms with Crippen LogP contribution < -0.4 is 4.72 Å². The van der Waals surface area contributed by atoms with Crippen LogP contribution in [0, 0.1) is 0 Å². The van der Waals surface area contributed by atoms with E-state index >= 15 is 0 Å². The number of nitrogens with one attached hydrogen (secondary N) is 1. The van der Waals surface area contributed by atoms with Crippen molar-refractivity contribution in [2.24, 2.45) is 0 Å². The molecule has 1 atom stereocenters. The topological polar surface area (TPSA) is 118 Å². The molecule has 1 heterocycles. The van der Waals surface area contributed by atoms with Crippen LogP contribution in [-0.2, 0) is 19.6 Å². The van der Waals surface area contributed by atoms with Gasteiger partial charge in [0.25, 0.3) is 0 Å². The molecule has 0 aliphatic heterocycles. The van der Waals surface area contributed by atoms with Crippen LogP contribution in [0.4, 0.5) is 5.95 Å². The fourth-order valence-electron chi connectivity index (χ4n) is 1.50. The molecule has 0 spiro atoms. The summed E-state index contributed by atoms with van der Waals surface area (Å²) in [5, 5.41) is 8.52. The van der Waals surface area contributed by atoms with E-state index in [2.05, 4.69) is 14.7 Å². The third-order valence-corrected chi connectivity index (χ3v) is 4.42. The standard InChI is InChI=1S/C10H13N3O5S/c1-18-8(9(14)15)7-4-5-11-10(12-7)13-19(16,17)6-2-3-6/h4-6,8H,2-3H2,1H3,(H,14,15)(H,11,12,13). The number of carbonyl (C=O) groups is 1. The van der Waals surface area contributed by atoms with Crippen molar-refractivity contribution in [2.75, 3.05) is 11.8 Å². The lowest BCUT2D eigenvalue weighted by Crippen LogP contribution is -2.21. The Morgan fingerprint density at radius 1 is 1.58 bits per heavy atom. The van der Waals surface area contributed by atoms with E-state index in [9.17, 15) is 13.2 Å². The minimum atomic E-state index is -3.47. The third-order valence-electron chi connectivity index (χ3n) is 2.60. The molecule has 104 valence electrons. The van der Waals surface area contributed by atoms with Crippen LogP contribution in [0.15, 0.2) is 12.3 Å². The van der Waals surface area contributed by atoms with Crippen molar-refractivity contribution in [2.45, 2.75) is 24.2 Å². The summed E-state index contributed by atoms with van der Waals surface area (Å²) >= 11 is 0. The fraction of sp³-hybridized carbons (Fsp3) is 0.500. The van der Waals surface area contributed by atoms with Crippen molar-refractivity contribution in [3.05, 3.63) is 18.0 Å². The van der Waals surface area contributed by atoms with Crippen molar-refractivity contribution < 1.29 is 23.1 Å². The molecule has 1 aliphatic carbocycles. The average Bonchev–Trinajstić information content (AvgIpc) is 3.13. The summed E-state index contributed by atoms with van der Waals surface area (Å²) in [6, 6.07) is 1.36. The van der Waals surface area contributed by atoms with E-state index in [0.29, 0.717) is 12.8 Å². The second-order valence-electron chi connectivity index (χ2n) is 4.11. The van der Waals surface area contributed by atoms with Crippen molar-refractivity contribution in [3.8, 4) is 0 Å². The van der Waals surface area contributed by atoms with E-state index < -0.39 is 27.3 Å². The molecule has 1 unspecified atom stereocenters. The molecule has 1 saturated carbocycles. The first-order valence-electron chi connectivity index (χ1n) is 5.54. The molecule has 8 nitrogen and oxygen atoms in total. The summed E-state index contributed by atoms with van der Waals surface area (Å²) in [5.74, 6) is -1.36. The monoisotopic (exact) mass is 287 g/mol. The van der Waals surface area contributed by atoms with E-state index in [1.54, 1.807) is 0 Å². The highest BCUT2D eigenvalue weighted by molar-refractivity contribution is 7.93. The van der Waals surface area contributed by atoms with Gasteiger partial charge in [0.05, 0.1) is 10.9 Å². The second kappa shape index (κ2) is 5.10. The fourth-order valence-corrected chi connectivity index (χ4v) is 2.78. The van der Waals surface area contributed by atoms with Gasteiger partial charge in [-0.05, 0) is 18.9 Å². The van der Waals surface area contributed by atoms with Crippen molar-refractivity contribution in [3.63, 3.8) is 0 Å². The van der Waals surface area contributed by atoms with E-state index in [4.69, 9.17) is 9.84 Å². The molecule has 0 bridgehead atoms. The van der Waals surface area contributed by atoms with Gasteiger partial charge in [0.1, 0.15) is 0 Å². The molecule has 1 aliphatic rings. The van der Waals surface area contributed by atoms with Crippen LogP contribution in [0.25, 0.3) is 0 Å². The molecule has 2 rings (SSSR count). The maximum Gasteiger partial charge on any atom is 0.339 e. The van der Waals surface area contributed by atoms with Crippen LogP contribution in [0.1, 0.15) is 24.6 Å². The average molecular weight is 287 g/mol. The lowest BCUT2D eigenvalue weighted by molar-refractivity contribution is -0.149. The minimum Gasteiger partial charge on any atom is -0.479 e. The first kappa shape index (κ1) is 13.7. The van der Waals surface area contributed by atoms with Gasteiger partial charge in [-0.2, -0.15) is 0 Å². The molecule has 0 aromatic carbocycles. The minimum absolute atomic E-state index is 0.0819. The summed E-state index contributed by atoms with van der Waals surface area (Å²) in [6.45, 7) is 0. The number of carboxylic acids is 1. The Kier molecular flexibility index (Phi) is 3.67. The Morgan fingerprint density at radius 3 is 2.79 bits per heavy atom. The SMILES string of the molecule is COC(C(=O)O)c1ccnc(NS(=O)(=O)C2CC2)n1. The number of sulfonamides is 1. The highest BCUT2D eigenvalue weighted by Crippen LogP contribution is 2.29. The van der Waals surface area contributed by atoms with Crippen LogP contribution in [-0.4, -0.2) is 41.8 Å². The van der Waals surface area contributed by atoms with Gasteiger partial charge in [-0.25, -0.2) is 23.2 Å². The number of hydrogen-bond acceptors (Lipinski definition) is 6. The maximum atomic E-state index is 11.7. The highest BCUT2D eigenvalue weighted by atomic mass is 32.2. The third kappa shape index (κ3) is 3.18. The Balaban J connectivity index is 2.21. The van der Waals surface area contributed by atoms with Crippen LogP contribution in [0.5, 0.6) is 0 Å². The molecule has 9 heteroatoms. The molecule has 0 radical (unpaired) electrons. The van der Waals surface area contributed by atoms with Gasteiger partial charge in [0.15, 0.2) is 6.10 Å². The van der Waals surface area contributed by atoms with Gasteiger partial charge in [-0.1, -0.05) is 0 Å². The number of hydrogen-bond donors (Lipinski definition) is 2. The molecule has 0 saturated heterocycles. The van der Waals surface area contributed by atoms with Crippen LogP contribution in [0.2, 0.25) is 0 Å². The normalized spacial score (nSPS) is 16.9. The van der Waals surface area contributed by atoms with E-state index in [-0.39, 0.29) is 11.6 Å². The number of methoxy groups -OCH3 is 1. The predicted octanol–water partition coefficient (Wildman–Crippen LogP) is 0.153. The summed E-state index contributed by atoms with van der Waals surface area (Å²) in [5.41, 5.74) is 0.0819. The molecule has 19 heavy (non-hydrogen) atoms. The summed E-state index contributed by atoms with van der Waals surface area (Å²) in [6.07, 6.45) is 1.25. The smallest absolute Gasteiger partial charge is 0.339 e. The Bertz CT molecular complexity index is 585. The number of rotatable bonds is 6. The zero-order chi connectivity index (χ0) is 14.0. The van der Waals surface area contributed by atoms with Crippen molar-refractivity contribution in [1.29, 1.82) is 0 Å². The van der Waals surface area contributed by atoms with Gasteiger partial charge in [0.2, 0.25) is 16.0 Å². The summed E-state index contributed by atoms with van der Waals surface area (Å²) < 4.78 is 30.4. The van der Waals surface area contributed by atoms with Crippen LogP contribution >= 0.6 is 0 Å². The number of carboxylic acid groups (broad SMARTS) is 1. The first-order valence-corrected chi connectivity index (χ1v) is 7.09. The molecule has 1 aromatic rings. The number of ether oxygens (including phenoxy) is 1. The lowest BCUT2D eigenvalue weighted by Gasteiger charge is -2.11.